The van der Waals surface area contributed by atoms with E-state index in [0.717, 1.165) is 21.6 Å². The van der Waals surface area contributed by atoms with Gasteiger partial charge < -0.3 is 78.3 Å². The molecule has 0 bridgehead atoms. The Bertz CT molecular complexity index is 1380. The standard InChI is InChI=1S/C29H49N11O14S3/c30-9-19(42)38-17-16-56-57-29(40-23(46)12-35-20(43)10-34-21(44)11-36-25(17)48)27(50)37-13-22(45)39-28(55)26(49)33-2-4-52-6-8-53-7-5-51-3-1-32-24(47)15-54-14-18(31)41/h17,28-29,55H,1-16,30H2,(H2,31,41)(H,32,47)(H,33,49)(H,34,44)(H,35,43)(H,36,48)(H,37,50)(H,38,42)(H,39,45)(H,40,46). The van der Waals surface area contributed by atoms with Crippen molar-refractivity contribution in [3.63, 3.8) is 0 Å². The van der Waals surface area contributed by atoms with Crippen molar-refractivity contribution in [1.82, 2.24) is 47.9 Å². The first-order valence-corrected chi connectivity index (χ1v) is 19.9. The van der Waals surface area contributed by atoms with Gasteiger partial charge >= 0.3 is 0 Å². The number of amides is 10. The summed E-state index contributed by atoms with van der Waals surface area (Å²) in [6.45, 7) is -1.64. The third kappa shape index (κ3) is 26.2. The summed E-state index contributed by atoms with van der Waals surface area (Å²) in [7, 11) is 1.65. The molecule has 25 nitrogen and oxygen atoms in total. The molecule has 0 aromatic rings. The van der Waals surface area contributed by atoms with Crippen LogP contribution in [0.2, 0.25) is 0 Å². The van der Waals surface area contributed by atoms with Crippen molar-refractivity contribution >= 4 is 93.3 Å². The van der Waals surface area contributed by atoms with Crippen LogP contribution < -0.4 is 59.3 Å². The number of nitrogens with one attached hydrogen (secondary N) is 9. The summed E-state index contributed by atoms with van der Waals surface area (Å²) < 4.78 is 20.8. The van der Waals surface area contributed by atoms with E-state index >= 15 is 0 Å². The molecule has 0 aromatic carbocycles. The number of ether oxygens (including phenoxy) is 4. The molecule has 28 heteroatoms. The summed E-state index contributed by atoms with van der Waals surface area (Å²) in [5.41, 5.74) is 10.2. The Balaban J connectivity index is 2.40. The summed E-state index contributed by atoms with van der Waals surface area (Å²) in [4.78, 5) is 121. The van der Waals surface area contributed by atoms with Crippen LogP contribution in [0.4, 0.5) is 0 Å². The van der Waals surface area contributed by atoms with Gasteiger partial charge in [0.1, 0.15) is 19.3 Å². The molecule has 0 spiro atoms. The van der Waals surface area contributed by atoms with Crippen molar-refractivity contribution in [1.29, 1.82) is 0 Å². The summed E-state index contributed by atoms with van der Waals surface area (Å²) in [6, 6.07) is -1.20. The molecule has 0 aromatic heterocycles. The van der Waals surface area contributed by atoms with E-state index in [0.29, 0.717) is 0 Å². The summed E-state index contributed by atoms with van der Waals surface area (Å²) in [6.07, 6.45) is 0. The highest BCUT2D eigenvalue weighted by atomic mass is 33.1. The second-order valence-corrected chi connectivity index (χ2v) is 14.1. The lowest BCUT2D eigenvalue weighted by Crippen LogP contribution is -2.53. The van der Waals surface area contributed by atoms with Crippen LogP contribution in [0.15, 0.2) is 0 Å². The quantitative estimate of drug-likeness (QED) is 0.0196. The smallest absolute Gasteiger partial charge is 0.254 e. The van der Waals surface area contributed by atoms with Crippen molar-refractivity contribution in [2.24, 2.45) is 11.5 Å². The normalized spacial score (nSPS) is 17.4. The molecule has 1 fully saturated rings. The SMILES string of the molecule is NCC(=O)NC1CSSC(C(=O)NCC(=O)NC(S)C(=O)NCCOCCOCCOCCNC(=O)COCC(N)=O)NC(=O)CNC(=O)CNC(=O)CNC1=O. The fourth-order valence-electron chi connectivity index (χ4n) is 3.69. The minimum Gasteiger partial charge on any atom is -0.377 e. The van der Waals surface area contributed by atoms with Gasteiger partial charge in [-0.25, -0.2) is 0 Å². The molecule has 322 valence electrons. The van der Waals surface area contributed by atoms with Gasteiger partial charge in [0, 0.05) is 18.8 Å². The molecule has 1 aliphatic rings. The monoisotopic (exact) mass is 871 g/mol. The molecule has 0 aliphatic carbocycles. The fourth-order valence-corrected chi connectivity index (χ4v) is 6.32. The Labute approximate surface area is 339 Å². The topological polar surface area (TPSA) is 368 Å². The number of primary amides is 1. The van der Waals surface area contributed by atoms with Crippen LogP contribution >= 0.6 is 34.2 Å². The van der Waals surface area contributed by atoms with Gasteiger partial charge in [-0.1, -0.05) is 21.6 Å². The van der Waals surface area contributed by atoms with Crippen molar-refractivity contribution in [2.75, 3.05) is 104 Å². The van der Waals surface area contributed by atoms with E-state index in [2.05, 4.69) is 60.5 Å². The maximum Gasteiger partial charge on any atom is 0.254 e. The highest BCUT2D eigenvalue weighted by molar-refractivity contribution is 8.77. The average molecular weight is 872 g/mol. The molecule has 3 atom stereocenters. The molecule has 1 saturated heterocycles. The largest absolute Gasteiger partial charge is 0.377 e. The lowest BCUT2D eigenvalue weighted by Gasteiger charge is -2.21. The molecule has 0 saturated carbocycles. The highest BCUT2D eigenvalue weighted by Gasteiger charge is 2.27. The number of thiol groups is 1. The zero-order chi connectivity index (χ0) is 42.4. The summed E-state index contributed by atoms with van der Waals surface area (Å²) in [5, 5.41) is 18.6. The first-order valence-electron chi connectivity index (χ1n) is 17.0. The van der Waals surface area contributed by atoms with Gasteiger partial charge in [-0.05, 0) is 0 Å². The molecule has 3 unspecified atom stereocenters. The van der Waals surface area contributed by atoms with Crippen LogP contribution in [0.1, 0.15) is 0 Å². The van der Waals surface area contributed by atoms with Crippen LogP contribution in [-0.4, -0.2) is 180 Å². The average Bonchev–Trinajstić information content (AvgIpc) is 3.17. The van der Waals surface area contributed by atoms with Gasteiger partial charge in [0.15, 0.2) is 10.7 Å². The number of hydrogen-bond acceptors (Lipinski definition) is 18. The van der Waals surface area contributed by atoms with Crippen molar-refractivity contribution in [2.45, 2.75) is 16.8 Å². The maximum atomic E-state index is 13.0. The van der Waals surface area contributed by atoms with Crippen molar-refractivity contribution in [3.05, 3.63) is 0 Å². The molecule has 1 rings (SSSR count). The lowest BCUT2D eigenvalue weighted by molar-refractivity contribution is -0.130. The predicted octanol–water partition coefficient (Wildman–Crippen LogP) is -8.11. The van der Waals surface area contributed by atoms with Gasteiger partial charge in [-0.15, -0.1) is 12.6 Å². The summed E-state index contributed by atoms with van der Waals surface area (Å²) in [5.74, 6) is -7.24. The molecule has 10 amide bonds. The number of hydrogen-bond donors (Lipinski definition) is 12. The fraction of sp³-hybridized carbons (Fsp3) is 0.655. The van der Waals surface area contributed by atoms with E-state index in [-0.39, 0.29) is 71.7 Å². The Hall–Kier alpha value is -4.45. The van der Waals surface area contributed by atoms with Gasteiger partial charge in [-0.2, -0.15) is 0 Å². The van der Waals surface area contributed by atoms with Crippen LogP contribution in [0.5, 0.6) is 0 Å². The van der Waals surface area contributed by atoms with Gasteiger partial charge in [0.05, 0.1) is 72.4 Å². The second-order valence-electron chi connectivity index (χ2n) is 11.0. The second kappa shape index (κ2) is 30.7. The predicted molar refractivity (Wildman–Crippen MR) is 204 cm³/mol. The van der Waals surface area contributed by atoms with E-state index in [9.17, 15) is 47.9 Å². The molecule has 57 heavy (non-hydrogen) atoms. The maximum absolute atomic E-state index is 13.0. The minimum atomic E-state index is -1.36. The lowest BCUT2D eigenvalue weighted by atomic mass is 10.3. The van der Waals surface area contributed by atoms with Crippen LogP contribution in [0.25, 0.3) is 0 Å². The summed E-state index contributed by atoms with van der Waals surface area (Å²) >= 11 is 4.06. The molecule has 0 radical (unpaired) electrons. The van der Waals surface area contributed by atoms with E-state index < -0.39 is 109 Å². The number of nitrogens with two attached hydrogens (primary N) is 2. The van der Waals surface area contributed by atoms with Crippen molar-refractivity contribution < 1.29 is 66.9 Å². The van der Waals surface area contributed by atoms with Crippen LogP contribution in [0.3, 0.4) is 0 Å². The Morgan fingerprint density at radius 3 is 1.93 bits per heavy atom. The zero-order valence-corrected chi connectivity index (χ0v) is 33.2. The minimum absolute atomic E-state index is 0.0781. The van der Waals surface area contributed by atoms with E-state index in [1.54, 1.807) is 0 Å². The third-order valence-corrected chi connectivity index (χ3v) is 9.27. The van der Waals surface area contributed by atoms with Gasteiger partial charge in [0.25, 0.3) is 11.8 Å². The highest BCUT2D eigenvalue weighted by Crippen LogP contribution is 2.26. The molecule has 13 N–H and O–H groups in total. The zero-order valence-electron chi connectivity index (χ0n) is 30.7. The first-order chi connectivity index (χ1) is 27.2. The van der Waals surface area contributed by atoms with E-state index in [1.165, 1.54) is 0 Å². The Kier molecular flexibility index (Phi) is 27.2. The number of carbonyl (C=O) groups excluding carboxylic acids is 10. The van der Waals surface area contributed by atoms with Gasteiger partial charge in [-0.3, -0.25) is 47.9 Å². The number of carbonyl (C=O) groups is 10. The Morgan fingerprint density at radius 2 is 1.32 bits per heavy atom. The van der Waals surface area contributed by atoms with Crippen LogP contribution in [0, 0.1) is 0 Å². The first kappa shape index (κ1) is 50.6. The van der Waals surface area contributed by atoms with Crippen LogP contribution in [-0.2, 0) is 66.9 Å². The van der Waals surface area contributed by atoms with E-state index in [4.69, 9.17) is 30.4 Å². The Morgan fingerprint density at radius 1 is 0.737 bits per heavy atom. The molecule has 1 aliphatic heterocycles. The van der Waals surface area contributed by atoms with Crippen molar-refractivity contribution in [3.8, 4) is 0 Å². The third-order valence-electron chi connectivity index (χ3n) is 6.39. The molecular weight excluding hydrogens is 823 g/mol. The number of rotatable bonds is 23. The van der Waals surface area contributed by atoms with Gasteiger partial charge in [0.2, 0.25) is 47.3 Å². The molecular formula is C29H49N11O14S3. The molecule has 1 heterocycles. The van der Waals surface area contributed by atoms with E-state index in [1.807, 2.05) is 0 Å².